The third-order valence-electron chi connectivity index (χ3n) is 5.26. The van der Waals surface area contributed by atoms with Crippen LogP contribution in [0.2, 0.25) is 0 Å². The Balaban J connectivity index is 1.34. The van der Waals surface area contributed by atoms with Crippen molar-refractivity contribution in [1.29, 1.82) is 0 Å². The smallest absolute Gasteiger partial charge is 0.223 e. The van der Waals surface area contributed by atoms with Crippen molar-refractivity contribution in [2.24, 2.45) is 17.6 Å². The molecule has 136 valence electrons. The van der Waals surface area contributed by atoms with Crippen LogP contribution in [0.3, 0.4) is 0 Å². The van der Waals surface area contributed by atoms with Gasteiger partial charge >= 0.3 is 0 Å². The molecule has 2 amide bonds. The minimum Gasteiger partial charge on any atom is -0.369 e. The number of primary amides is 1. The zero-order valence-corrected chi connectivity index (χ0v) is 16.0. The van der Waals surface area contributed by atoms with E-state index in [9.17, 15) is 9.59 Å². The maximum atomic E-state index is 12.3. The normalized spacial score (nSPS) is 26.2. The van der Waals surface area contributed by atoms with E-state index < -0.39 is 0 Å². The van der Waals surface area contributed by atoms with Gasteiger partial charge < -0.3 is 16.0 Å². The van der Waals surface area contributed by atoms with Crippen LogP contribution in [0.4, 0.5) is 0 Å². The van der Waals surface area contributed by atoms with Gasteiger partial charge in [-0.25, -0.2) is 0 Å². The largest absolute Gasteiger partial charge is 0.369 e. The van der Waals surface area contributed by atoms with Crippen LogP contribution in [0, 0.1) is 11.8 Å². The fourth-order valence-corrected chi connectivity index (χ4v) is 4.14. The Labute approximate surface area is 157 Å². The molecule has 0 radical (unpaired) electrons. The summed E-state index contributed by atoms with van der Waals surface area (Å²) in [6.07, 6.45) is 3.78. The molecule has 25 heavy (non-hydrogen) atoms. The first-order valence-electron chi connectivity index (χ1n) is 9.09. The molecule has 1 saturated carbocycles. The summed E-state index contributed by atoms with van der Waals surface area (Å²) in [6, 6.07) is 8.21. The second kappa shape index (κ2) is 8.32. The lowest BCUT2D eigenvalue weighted by molar-refractivity contribution is -0.123. The number of likely N-dealkylation sites (tertiary alicyclic amines) is 1. The molecule has 1 aliphatic carbocycles. The van der Waals surface area contributed by atoms with Gasteiger partial charge in [0.25, 0.3) is 0 Å². The Morgan fingerprint density at radius 2 is 2.20 bits per heavy atom. The van der Waals surface area contributed by atoms with Crippen molar-refractivity contribution < 1.29 is 9.59 Å². The summed E-state index contributed by atoms with van der Waals surface area (Å²) in [4.78, 5) is 25.9. The molecular weight excluding hydrogens is 382 g/mol. The maximum absolute atomic E-state index is 12.3. The van der Waals surface area contributed by atoms with E-state index in [0.29, 0.717) is 12.5 Å². The zero-order valence-electron chi connectivity index (χ0n) is 14.4. The number of benzene rings is 1. The molecule has 0 bridgehead atoms. The summed E-state index contributed by atoms with van der Waals surface area (Å²) < 4.78 is 1.06. The number of nitrogens with zero attached hydrogens (tertiary/aromatic N) is 1. The van der Waals surface area contributed by atoms with Crippen LogP contribution in [0.15, 0.2) is 28.7 Å². The fraction of sp³-hybridized carbons (Fsp3) is 0.579. The van der Waals surface area contributed by atoms with Crippen molar-refractivity contribution in [1.82, 2.24) is 10.2 Å². The van der Waals surface area contributed by atoms with Gasteiger partial charge in [0.2, 0.25) is 11.8 Å². The molecule has 1 aromatic carbocycles. The number of nitrogens with one attached hydrogen (secondary N) is 1. The lowest BCUT2D eigenvalue weighted by atomic mass is 9.97. The van der Waals surface area contributed by atoms with Gasteiger partial charge in [0.1, 0.15) is 0 Å². The maximum Gasteiger partial charge on any atom is 0.223 e. The van der Waals surface area contributed by atoms with Gasteiger partial charge in [-0.1, -0.05) is 28.1 Å². The van der Waals surface area contributed by atoms with Gasteiger partial charge in [-0.05, 0) is 62.4 Å². The summed E-state index contributed by atoms with van der Waals surface area (Å²) in [6.45, 7) is 3.38. The van der Waals surface area contributed by atoms with Gasteiger partial charge in [0.15, 0.2) is 0 Å². The molecule has 1 heterocycles. The third-order valence-corrected chi connectivity index (χ3v) is 5.76. The molecular formula is C19H26BrN3O2. The fourth-order valence-electron chi connectivity index (χ4n) is 3.73. The van der Waals surface area contributed by atoms with Gasteiger partial charge in [-0.15, -0.1) is 0 Å². The second-order valence-corrected chi connectivity index (χ2v) is 8.11. The lowest BCUT2D eigenvalue weighted by Crippen LogP contribution is -2.42. The number of carbonyl (C=O) groups excluding carboxylic acids is 2. The van der Waals surface area contributed by atoms with Gasteiger partial charge in [-0.3, -0.25) is 9.59 Å². The molecule has 2 fully saturated rings. The Kier molecular flexibility index (Phi) is 6.12. The minimum absolute atomic E-state index is 0.0132. The Bertz CT molecular complexity index is 637. The predicted octanol–water partition coefficient (Wildman–Crippen LogP) is 2.26. The van der Waals surface area contributed by atoms with E-state index in [1.54, 1.807) is 0 Å². The van der Waals surface area contributed by atoms with Crippen molar-refractivity contribution in [2.45, 2.75) is 31.6 Å². The van der Waals surface area contributed by atoms with Gasteiger partial charge in [0.05, 0.1) is 5.92 Å². The topological polar surface area (TPSA) is 75.4 Å². The molecule has 0 aromatic heterocycles. The number of amides is 2. The monoisotopic (exact) mass is 407 g/mol. The highest BCUT2D eigenvalue weighted by Gasteiger charge is 2.43. The Morgan fingerprint density at radius 1 is 1.36 bits per heavy atom. The molecule has 1 aliphatic heterocycles. The Hall–Kier alpha value is -1.40. The van der Waals surface area contributed by atoms with E-state index >= 15 is 0 Å². The molecule has 0 spiro atoms. The van der Waals surface area contributed by atoms with Crippen molar-refractivity contribution >= 4 is 27.7 Å². The highest BCUT2D eigenvalue weighted by atomic mass is 79.9. The number of nitrogens with two attached hydrogens (primary N) is 1. The summed E-state index contributed by atoms with van der Waals surface area (Å²) in [5.41, 5.74) is 6.65. The summed E-state index contributed by atoms with van der Waals surface area (Å²) in [7, 11) is 0. The van der Waals surface area contributed by atoms with Crippen molar-refractivity contribution in [3.8, 4) is 0 Å². The van der Waals surface area contributed by atoms with E-state index in [1.165, 1.54) is 5.56 Å². The first-order chi connectivity index (χ1) is 12.0. The van der Waals surface area contributed by atoms with Gasteiger partial charge in [-0.2, -0.15) is 0 Å². The standard InChI is InChI=1S/C19H26BrN3O2/c20-15-6-1-4-13(10-15)16-11-17(16)19(25)22-7-3-9-23-8-2-5-14(12-23)18(21)24/h1,4,6,10,14,16-17H,2-3,5,7-9,11-12H2,(H2,21,24)(H,22,25). The predicted molar refractivity (Wildman–Crippen MR) is 101 cm³/mol. The number of rotatable bonds is 7. The van der Waals surface area contributed by atoms with Crippen LogP contribution in [0.1, 0.15) is 37.2 Å². The van der Waals surface area contributed by atoms with Crippen LogP contribution >= 0.6 is 15.9 Å². The van der Waals surface area contributed by atoms with Crippen molar-refractivity contribution in [3.63, 3.8) is 0 Å². The molecule has 6 heteroatoms. The van der Waals surface area contributed by atoms with Crippen molar-refractivity contribution in [3.05, 3.63) is 34.3 Å². The zero-order chi connectivity index (χ0) is 17.8. The average Bonchev–Trinajstić information content (AvgIpc) is 3.40. The first-order valence-corrected chi connectivity index (χ1v) is 9.88. The molecule has 1 aromatic rings. The van der Waals surface area contributed by atoms with Crippen LogP contribution in [0.25, 0.3) is 0 Å². The molecule has 3 rings (SSSR count). The molecule has 5 nitrogen and oxygen atoms in total. The number of carbonyl (C=O) groups is 2. The van der Waals surface area contributed by atoms with E-state index in [0.717, 1.165) is 49.8 Å². The highest BCUT2D eigenvalue weighted by molar-refractivity contribution is 9.10. The molecule has 3 unspecified atom stereocenters. The van der Waals surface area contributed by atoms with Crippen LogP contribution in [-0.4, -0.2) is 42.9 Å². The number of hydrogen-bond acceptors (Lipinski definition) is 3. The third kappa shape index (κ3) is 5.05. The Morgan fingerprint density at radius 3 is 2.96 bits per heavy atom. The highest BCUT2D eigenvalue weighted by Crippen LogP contribution is 2.47. The summed E-state index contributed by atoms with van der Waals surface area (Å²) in [5.74, 6) is 0.434. The minimum atomic E-state index is -0.190. The van der Waals surface area contributed by atoms with Gasteiger partial charge in [0, 0.05) is 23.5 Å². The molecule has 3 N–H and O–H groups in total. The number of halogens is 1. The van der Waals surface area contributed by atoms with E-state index in [4.69, 9.17) is 5.73 Å². The summed E-state index contributed by atoms with van der Waals surface area (Å²) in [5, 5.41) is 3.06. The first kappa shape index (κ1) is 18.4. The molecule has 3 atom stereocenters. The van der Waals surface area contributed by atoms with Crippen molar-refractivity contribution in [2.75, 3.05) is 26.2 Å². The van der Waals surface area contributed by atoms with E-state index in [2.05, 4.69) is 38.3 Å². The second-order valence-electron chi connectivity index (χ2n) is 7.19. The number of piperidine rings is 1. The van der Waals surface area contributed by atoms with Crippen LogP contribution in [-0.2, 0) is 9.59 Å². The lowest BCUT2D eigenvalue weighted by Gasteiger charge is -2.31. The van der Waals surface area contributed by atoms with E-state index in [-0.39, 0.29) is 23.7 Å². The SMILES string of the molecule is NC(=O)C1CCCN(CCCNC(=O)C2CC2c2cccc(Br)c2)C1. The number of hydrogen-bond donors (Lipinski definition) is 2. The average molecular weight is 408 g/mol. The van der Waals surface area contributed by atoms with Crippen LogP contribution < -0.4 is 11.1 Å². The van der Waals surface area contributed by atoms with E-state index in [1.807, 2.05) is 12.1 Å². The molecule has 1 saturated heterocycles. The molecule has 2 aliphatic rings. The van der Waals surface area contributed by atoms with Crippen LogP contribution in [0.5, 0.6) is 0 Å². The summed E-state index contributed by atoms with van der Waals surface area (Å²) >= 11 is 3.48. The quantitative estimate of drug-likeness (QED) is 0.680.